The van der Waals surface area contributed by atoms with Gasteiger partial charge in [-0.25, -0.2) is 0 Å². The maximum absolute atomic E-state index is 8.67. The lowest BCUT2D eigenvalue weighted by Crippen LogP contribution is -2.20. The van der Waals surface area contributed by atoms with Crippen LogP contribution < -0.4 is 0 Å². The molecule has 0 aromatic heterocycles. The molecule has 0 saturated heterocycles. The van der Waals surface area contributed by atoms with Gasteiger partial charge in [0, 0.05) is 13.2 Å². The topological polar surface area (TPSA) is 40.5 Å². The van der Waals surface area contributed by atoms with E-state index < -0.39 is 0 Å². The molecule has 0 saturated carbocycles. The van der Waals surface area contributed by atoms with E-state index in [1.807, 2.05) is 0 Å². The van der Waals surface area contributed by atoms with Gasteiger partial charge in [-0.1, -0.05) is 55.4 Å². The summed E-state index contributed by atoms with van der Waals surface area (Å²) in [5, 5.41) is 17.3. The molecule has 0 radical (unpaired) electrons. The Balaban J connectivity index is 0. The first-order valence-electron chi connectivity index (χ1n) is 6.18. The Kier molecular flexibility index (Phi) is 8.33. The maximum atomic E-state index is 8.67. The Bertz CT molecular complexity index is 143. The minimum Gasteiger partial charge on any atom is -0.396 e. The average molecular weight is 232 g/mol. The Morgan fingerprint density at radius 3 is 0.875 bits per heavy atom. The second-order valence-corrected chi connectivity index (χ2v) is 6.90. The van der Waals surface area contributed by atoms with Gasteiger partial charge in [0.05, 0.1) is 0 Å². The van der Waals surface area contributed by atoms with E-state index in [1.54, 1.807) is 0 Å². The molecule has 2 N–H and O–H groups in total. The predicted molar refractivity (Wildman–Crippen MR) is 71.4 cm³/mol. The number of rotatable bonds is 2. The Morgan fingerprint density at radius 1 is 0.688 bits per heavy atom. The fraction of sp³-hybridized carbons (Fsp3) is 1.00. The molecule has 0 aliphatic rings. The van der Waals surface area contributed by atoms with Crippen LogP contribution >= 0.6 is 0 Å². The molecule has 0 aromatic rings. The van der Waals surface area contributed by atoms with Crippen LogP contribution in [-0.2, 0) is 0 Å². The van der Waals surface area contributed by atoms with Crippen molar-refractivity contribution in [3.8, 4) is 0 Å². The summed E-state index contributed by atoms with van der Waals surface area (Å²) in [6, 6.07) is 0. The summed E-state index contributed by atoms with van der Waals surface area (Å²) in [5.74, 6) is 0.810. The van der Waals surface area contributed by atoms with Gasteiger partial charge in [0.1, 0.15) is 0 Å². The van der Waals surface area contributed by atoms with Gasteiger partial charge in [0.15, 0.2) is 0 Å². The highest BCUT2D eigenvalue weighted by molar-refractivity contribution is 4.68. The second-order valence-electron chi connectivity index (χ2n) is 6.90. The average Bonchev–Trinajstić information content (AvgIpc) is 2.13. The van der Waals surface area contributed by atoms with Crippen molar-refractivity contribution in [1.29, 1.82) is 0 Å². The summed E-state index contributed by atoms with van der Waals surface area (Å²) >= 11 is 0. The van der Waals surface area contributed by atoms with Crippen LogP contribution in [0, 0.1) is 22.7 Å². The van der Waals surface area contributed by atoms with Gasteiger partial charge >= 0.3 is 0 Å². The zero-order chi connectivity index (χ0) is 13.6. The zero-order valence-corrected chi connectivity index (χ0v) is 12.5. The third kappa shape index (κ3) is 9.17. The van der Waals surface area contributed by atoms with Crippen LogP contribution in [0.15, 0.2) is 0 Å². The third-order valence-corrected chi connectivity index (χ3v) is 3.50. The summed E-state index contributed by atoms with van der Waals surface area (Å²) in [5.41, 5.74) is 0.517. The maximum Gasteiger partial charge on any atom is 0.0461 e. The highest BCUT2D eigenvalue weighted by Gasteiger charge is 2.18. The van der Waals surface area contributed by atoms with Crippen LogP contribution in [0.5, 0.6) is 0 Å². The molecule has 0 heterocycles. The minimum absolute atomic E-state index is 0.259. The van der Waals surface area contributed by atoms with Gasteiger partial charge in [-0.3, -0.25) is 0 Å². The van der Waals surface area contributed by atoms with Crippen LogP contribution in [0.4, 0.5) is 0 Å². The van der Waals surface area contributed by atoms with Crippen LogP contribution in [0.1, 0.15) is 55.4 Å². The molecule has 16 heavy (non-hydrogen) atoms. The van der Waals surface area contributed by atoms with Crippen molar-refractivity contribution in [3.63, 3.8) is 0 Å². The molecule has 0 unspecified atom stereocenters. The third-order valence-electron chi connectivity index (χ3n) is 3.50. The quantitative estimate of drug-likeness (QED) is 0.767. The van der Waals surface area contributed by atoms with E-state index in [0.717, 1.165) is 0 Å². The van der Waals surface area contributed by atoms with Crippen molar-refractivity contribution in [1.82, 2.24) is 0 Å². The Morgan fingerprint density at radius 2 is 0.875 bits per heavy atom. The van der Waals surface area contributed by atoms with Crippen molar-refractivity contribution in [2.75, 3.05) is 13.2 Å². The molecule has 2 nitrogen and oxygen atoms in total. The van der Waals surface area contributed by atoms with E-state index in [-0.39, 0.29) is 10.8 Å². The van der Waals surface area contributed by atoms with E-state index in [0.29, 0.717) is 25.0 Å². The molecule has 0 aliphatic heterocycles. The lowest BCUT2D eigenvalue weighted by molar-refractivity contribution is 0.145. The van der Waals surface area contributed by atoms with Gasteiger partial charge in [-0.15, -0.1) is 0 Å². The molecule has 0 fully saturated rings. The standard InChI is InChI=1S/2C7H16O/c2*1-6(5-8)7(2,3)4/h2*6,8H,5H2,1-4H3/t2*6-/m10/s1. The normalized spacial score (nSPS) is 16.1. The highest BCUT2D eigenvalue weighted by atomic mass is 16.3. The number of hydrogen-bond acceptors (Lipinski definition) is 2. The largest absolute Gasteiger partial charge is 0.396 e. The van der Waals surface area contributed by atoms with Gasteiger partial charge < -0.3 is 10.2 Å². The van der Waals surface area contributed by atoms with Crippen molar-refractivity contribution in [2.24, 2.45) is 22.7 Å². The van der Waals surface area contributed by atoms with Gasteiger partial charge in [0.25, 0.3) is 0 Å². The van der Waals surface area contributed by atoms with E-state index in [4.69, 9.17) is 10.2 Å². The van der Waals surface area contributed by atoms with Crippen molar-refractivity contribution >= 4 is 0 Å². The molecular formula is C14H32O2. The van der Waals surface area contributed by atoms with E-state index in [9.17, 15) is 0 Å². The molecule has 2 atom stereocenters. The van der Waals surface area contributed by atoms with Crippen LogP contribution in [0.3, 0.4) is 0 Å². The SMILES string of the molecule is C[C@@H](CO)C(C)(C)C.C[C@H](CO)C(C)(C)C. The van der Waals surface area contributed by atoms with E-state index in [1.165, 1.54) is 0 Å². The smallest absolute Gasteiger partial charge is 0.0461 e. The van der Waals surface area contributed by atoms with Crippen molar-refractivity contribution < 1.29 is 10.2 Å². The number of hydrogen-bond donors (Lipinski definition) is 2. The lowest BCUT2D eigenvalue weighted by atomic mass is 9.83. The summed E-state index contributed by atoms with van der Waals surface area (Å²) in [4.78, 5) is 0. The Labute approximate surface area is 102 Å². The van der Waals surface area contributed by atoms with Gasteiger partial charge in [-0.2, -0.15) is 0 Å². The van der Waals surface area contributed by atoms with E-state index >= 15 is 0 Å². The van der Waals surface area contributed by atoms with Gasteiger partial charge in [-0.05, 0) is 22.7 Å². The molecule has 0 spiro atoms. The first-order chi connectivity index (χ1) is 6.96. The molecular weight excluding hydrogens is 200 g/mol. The highest BCUT2D eigenvalue weighted by Crippen LogP contribution is 2.24. The summed E-state index contributed by atoms with van der Waals surface area (Å²) in [6.45, 7) is 17.5. The second kappa shape index (κ2) is 7.29. The molecule has 100 valence electrons. The monoisotopic (exact) mass is 232 g/mol. The zero-order valence-electron chi connectivity index (χ0n) is 12.5. The fourth-order valence-electron chi connectivity index (χ4n) is 0.548. The van der Waals surface area contributed by atoms with E-state index in [2.05, 4.69) is 55.4 Å². The number of aliphatic hydroxyl groups excluding tert-OH is 2. The molecule has 0 rings (SSSR count). The van der Waals surface area contributed by atoms with Crippen LogP contribution in [-0.4, -0.2) is 23.4 Å². The molecule has 0 amide bonds. The fourth-order valence-corrected chi connectivity index (χ4v) is 0.548. The summed E-state index contributed by atoms with van der Waals surface area (Å²) in [7, 11) is 0. The minimum atomic E-state index is 0.259. The summed E-state index contributed by atoms with van der Waals surface area (Å²) < 4.78 is 0. The van der Waals surface area contributed by atoms with Crippen LogP contribution in [0.2, 0.25) is 0 Å². The molecule has 2 heteroatoms. The summed E-state index contributed by atoms with van der Waals surface area (Å²) in [6.07, 6.45) is 0. The number of aliphatic hydroxyl groups is 2. The van der Waals surface area contributed by atoms with Gasteiger partial charge in [0.2, 0.25) is 0 Å². The molecule has 0 aliphatic carbocycles. The first-order valence-corrected chi connectivity index (χ1v) is 6.18. The Hall–Kier alpha value is -0.0800. The predicted octanol–water partition coefficient (Wildman–Crippen LogP) is 3.32. The molecule has 0 bridgehead atoms. The van der Waals surface area contributed by atoms with Crippen molar-refractivity contribution in [2.45, 2.75) is 55.4 Å². The molecule has 0 aromatic carbocycles. The first kappa shape index (κ1) is 18.3. The van der Waals surface area contributed by atoms with Crippen LogP contribution in [0.25, 0.3) is 0 Å². The lowest BCUT2D eigenvalue weighted by Gasteiger charge is -2.24. The van der Waals surface area contributed by atoms with Crippen molar-refractivity contribution in [3.05, 3.63) is 0 Å².